The van der Waals surface area contributed by atoms with Crippen molar-refractivity contribution in [3.8, 4) is 5.75 Å². The van der Waals surface area contributed by atoms with Gasteiger partial charge in [-0.05, 0) is 25.1 Å². The van der Waals surface area contributed by atoms with Crippen LogP contribution in [0.4, 0.5) is 5.69 Å². The van der Waals surface area contributed by atoms with Gasteiger partial charge in [0.1, 0.15) is 12.3 Å². The van der Waals surface area contributed by atoms with Gasteiger partial charge in [0.05, 0.1) is 30.1 Å². The number of rotatable bonds is 7. The Morgan fingerprint density at radius 3 is 2.42 bits per heavy atom. The van der Waals surface area contributed by atoms with Gasteiger partial charge in [-0.15, -0.1) is 0 Å². The van der Waals surface area contributed by atoms with Crippen LogP contribution in [0.3, 0.4) is 0 Å². The Labute approximate surface area is 158 Å². The summed E-state index contributed by atoms with van der Waals surface area (Å²) in [5.41, 5.74) is 1.06. The first-order valence-electron chi connectivity index (χ1n) is 7.88. The van der Waals surface area contributed by atoms with Gasteiger partial charge in [0.15, 0.2) is 0 Å². The molecule has 0 radical (unpaired) electrons. The molecule has 6 nitrogen and oxygen atoms in total. The van der Waals surface area contributed by atoms with Crippen LogP contribution in [0.5, 0.6) is 5.75 Å². The molecule has 0 aliphatic carbocycles. The fourth-order valence-corrected chi connectivity index (χ4v) is 3.71. The number of carbonyl (C=O) groups is 1. The van der Waals surface area contributed by atoms with Gasteiger partial charge in [0.2, 0.25) is 15.9 Å². The fraction of sp³-hybridized carbons (Fsp3) is 0.278. The first-order valence-corrected chi connectivity index (χ1v) is 10.1. The van der Waals surface area contributed by atoms with E-state index in [-0.39, 0.29) is 23.3 Å². The first-order chi connectivity index (χ1) is 12.2. The number of nitrogens with one attached hydrogen (secondary N) is 1. The standard InChI is InChI=1S/C18H21ClN2O4S/c1-13(14-8-4-7-11-17(14)25-2)20-18(22)12-21(26(3,23)24)16-10-6-5-9-15(16)19/h4-11,13H,12H2,1-3H3,(H,20,22)/t13-/m1/s1. The van der Waals surface area contributed by atoms with E-state index < -0.39 is 15.9 Å². The number of halogens is 1. The predicted octanol–water partition coefficient (Wildman–Crippen LogP) is 2.99. The molecule has 140 valence electrons. The number of hydrogen-bond donors (Lipinski definition) is 1. The van der Waals surface area contributed by atoms with Gasteiger partial charge in [-0.25, -0.2) is 8.42 Å². The maximum atomic E-state index is 12.5. The van der Waals surface area contributed by atoms with Crippen molar-refractivity contribution in [3.05, 3.63) is 59.1 Å². The van der Waals surface area contributed by atoms with Gasteiger partial charge in [-0.2, -0.15) is 0 Å². The second kappa shape index (κ2) is 8.42. The monoisotopic (exact) mass is 396 g/mol. The normalized spacial score (nSPS) is 12.3. The van der Waals surface area contributed by atoms with Crippen molar-refractivity contribution in [2.75, 3.05) is 24.2 Å². The molecule has 0 saturated heterocycles. The van der Waals surface area contributed by atoms with Crippen molar-refractivity contribution in [1.82, 2.24) is 5.32 Å². The lowest BCUT2D eigenvalue weighted by Gasteiger charge is -2.24. The highest BCUT2D eigenvalue weighted by Gasteiger charge is 2.24. The molecule has 0 aliphatic heterocycles. The van der Waals surface area contributed by atoms with Crippen LogP contribution in [0.25, 0.3) is 0 Å². The Morgan fingerprint density at radius 1 is 1.19 bits per heavy atom. The minimum absolute atomic E-state index is 0.253. The number of sulfonamides is 1. The number of hydrogen-bond acceptors (Lipinski definition) is 4. The van der Waals surface area contributed by atoms with Crippen LogP contribution >= 0.6 is 11.6 Å². The van der Waals surface area contributed by atoms with Crippen LogP contribution in [-0.4, -0.2) is 34.2 Å². The number of benzene rings is 2. The molecule has 0 aromatic heterocycles. The van der Waals surface area contributed by atoms with Crippen molar-refractivity contribution in [1.29, 1.82) is 0 Å². The van der Waals surface area contributed by atoms with Gasteiger partial charge in [-0.1, -0.05) is 41.9 Å². The molecule has 1 N–H and O–H groups in total. The molecule has 0 aliphatic rings. The summed E-state index contributed by atoms with van der Waals surface area (Å²) in [4.78, 5) is 12.5. The van der Waals surface area contributed by atoms with Crippen LogP contribution in [0.15, 0.2) is 48.5 Å². The highest BCUT2D eigenvalue weighted by molar-refractivity contribution is 7.92. The minimum atomic E-state index is -3.69. The van der Waals surface area contributed by atoms with Crippen molar-refractivity contribution in [3.63, 3.8) is 0 Å². The molecule has 0 saturated carbocycles. The van der Waals surface area contributed by atoms with Crippen LogP contribution in [-0.2, 0) is 14.8 Å². The molecule has 1 atom stereocenters. The number of nitrogens with zero attached hydrogens (tertiary/aromatic N) is 1. The lowest BCUT2D eigenvalue weighted by Crippen LogP contribution is -2.41. The zero-order valence-corrected chi connectivity index (χ0v) is 16.3. The summed E-state index contributed by atoms with van der Waals surface area (Å²) < 4.78 is 30.6. The van der Waals surface area contributed by atoms with E-state index in [1.165, 1.54) is 0 Å². The Balaban J connectivity index is 2.19. The molecular formula is C18H21ClN2O4S. The molecule has 0 spiro atoms. The molecule has 0 heterocycles. The smallest absolute Gasteiger partial charge is 0.241 e. The quantitative estimate of drug-likeness (QED) is 0.780. The van der Waals surface area contributed by atoms with Crippen molar-refractivity contribution in [2.45, 2.75) is 13.0 Å². The minimum Gasteiger partial charge on any atom is -0.496 e. The molecule has 0 unspecified atom stereocenters. The number of para-hydroxylation sites is 2. The number of carbonyl (C=O) groups excluding carboxylic acids is 1. The first kappa shape index (κ1) is 20.1. The van der Waals surface area contributed by atoms with Crippen LogP contribution < -0.4 is 14.4 Å². The van der Waals surface area contributed by atoms with Crippen molar-refractivity contribution < 1.29 is 17.9 Å². The number of ether oxygens (including phenoxy) is 1. The fourth-order valence-electron chi connectivity index (χ4n) is 2.55. The van der Waals surface area contributed by atoms with Gasteiger partial charge in [-0.3, -0.25) is 9.10 Å². The van der Waals surface area contributed by atoms with Gasteiger partial charge in [0, 0.05) is 5.56 Å². The Bertz CT molecular complexity index is 886. The summed E-state index contributed by atoms with van der Waals surface area (Å²) in [6.45, 7) is 1.43. The van der Waals surface area contributed by atoms with E-state index in [0.717, 1.165) is 16.1 Å². The summed E-state index contributed by atoms with van der Waals surface area (Å²) in [6, 6.07) is 13.4. The molecule has 8 heteroatoms. The highest BCUT2D eigenvalue weighted by atomic mass is 35.5. The average molecular weight is 397 g/mol. The SMILES string of the molecule is COc1ccccc1[C@@H](C)NC(=O)CN(c1ccccc1Cl)S(C)(=O)=O. The summed E-state index contributed by atoms with van der Waals surface area (Å²) >= 11 is 6.10. The van der Waals surface area contributed by atoms with E-state index in [1.807, 2.05) is 18.2 Å². The third-order valence-corrected chi connectivity index (χ3v) is 5.24. The van der Waals surface area contributed by atoms with E-state index in [0.29, 0.717) is 5.75 Å². The second-order valence-corrected chi connectivity index (χ2v) is 8.07. The van der Waals surface area contributed by atoms with E-state index in [4.69, 9.17) is 16.3 Å². The molecule has 2 aromatic carbocycles. The summed E-state index contributed by atoms with van der Waals surface area (Å²) in [5.74, 6) is 0.195. The predicted molar refractivity (Wildman–Crippen MR) is 103 cm³/mol. The Morgan fingerprint density at radius 2 is 1.81 bits per heavy atom. The van der Waals surface area contributed by atoms with E-state index in [2.05, 4.69) is 5.32 Å². The van der Waals surface area contributed by atoms with Gasteiger partial charge < -0.3 is 10.1 Å². The van der Waals surface area contributed by atoms with Crippen LogP contribution in [0, 0.1) is 0 Å². The van der Waals surface area contributed by atoms with Crippen LogP contribution in [0.1, 0.15) is 18.5 Å². The molecule has 2 aromatic rings. The van der Waals surface area contributed by atoms with E-state index in [1.54, 1.807) is 44.4 Å². The number of anilines is 1. The lowest BCUT2D eigenvalue weighted by molar-refractivity contribution is -0.120. The molecule has 26 heavy (non-hydrogen) atoms. The number of amides is 1. The molecule has 0 bridgehead atoms. The van der Waals surface area contributed by atoms with Crippen molar-refractivity contribution >= 4 is 33.2 Å². The van der Waals surface area contributed by atoms with Crippen molar-refractivity contribution in [2.24, 2.45) is 0 Å². The summed E-state index contributed by atoms with van der Waals surface area (Å²) in [5, 5.41) is 3.05. The maximum absolute atomic E-state index is 12.5. The van der Waals surface area contributed by atoms with Crippen LogP contribution in [0.2, 0.25) is 5.02 Å². The highest BCUT2D eigenvalue weighted by Crippen LogP contribution is 2.27. The summed E-state index contributed by atoms with van der Waals surface area (Å²) in [7, 11) is -2.13. The Kier molecular flexibility index (Phi) is 6.50. The topological polar surface area (TPSA) is 75.7 Å². The lowest BCUT2D eigenvalue weighted by atomic mass is 10.1. The van der Waals surface area contributed by atoms with E-state index >= 15 is 0 Å². The molecular weight excluding hydrogens is 376 g/mol. The third-order valence-electron chi connectivity index (χ3n) is 3.79. The zero-order valence-electron chi connectivity index (χ0n) is 14.8. The number of methoxy groups -OCH3 is 1. The van der Waals surface area contributed by atoms with Gasteiger partial charge >= 0.3 is 0 Å². The maximum Gasteiger partial charge on any atom is 0.241 e. The van der Waals surface area contributed by atoms with E-state index in [9.17, 15) is 13.2 Å². The second-order valence-electron chi connectivity index (χ2n) is 5.75. The molecule has 2 rings (SSSR count). The Hall–Kier alpha value is -2.25. The average Bonchev–Trinajstić information content (AvgIpc) is 2.59. The summed E-state index contributed by atoms with van der Waals surface area (Å²) in [6.07, 6.45) is 1.03. The zero-order chi connectivity index (χ0) is 19.3. The van der Waals surface area contributed by atoms with Gasteiger partial charge in [0.25, 0.3) is 0 Å². The molecule has 1 amide bonds. The largest absolute Gasteiger partial charge is 0.496 e. The third kappa shape index (κ3) is 4.89. The molecule has 0 fully saturated rings.